The van der Waals surface area contributed by atoms with Crippen molar-refractivity contribution in [1.82, 2.24) is 10.2 Å². The SMILES string of the molecule is CCN(CC)CCNC(=O)c1ccc(-c2ccccc2)cc1.Cl. The van der Waals surface area contributed by atoms with Gasteiger partial charge in [0.1, 0.15) is 0 Å². The molecule has 3 nitrogen and oxygen atoms in total. The Morgan fingerprint density at radius 2 is 1.48 bits per heavy atom. The van der Waals surface area contributed by atoms with Crippen LogP contribution in [0.15, 0.2) is 54.6 Å². The van der Waals surface area contributed by atoms with E-state index in [9.17, 15) is 4.79 Å². The monoisotopic (exact) mass is 332 g/mol. The normalized spacial score (nSPS) is 10.2. The van der Waals surface area contributed by atoms with Crippen molar-refractivity contribution in [2.45, 2.75) is 13.8 Å². The van der Waals surface area contributed by atoms with E-state index in [0.29, 0.717) is 12.1 Å². The minimum absolute atomic E-state index is 0. The molecule has 0 aliphatic rings. The number of carbonyl (C=O) groups excluding carboxylic acids is 1. The summed E-state index contributed by atoms with van der Waals surface area (Å²) >= 11 is 0. The summed E-state index contributed by atoms with van der Waals surface area (Å²) in [5.41, 5.74) is 3.00. The fourth-order valence-corrected chi connectivity index (χ4v) is 2.41. The third kappa shape index (κ3) is 5.70. The van der Waals surface area contributed by atoms with Crippen molar-refractivity contribution in [2.75, 3.05) is 26.2 Å². The van der Waals surface area contributed by atoms with E-state index in [0.717, 1.165) is 30.8 Å². The third-order valence-electron chi connectivity index (χ3n) is 3.86. The molecule has 0 aliphatic carbocycles. The molecule has 2 aromatic rings. The van der Waals surface area contributed by atoms with Crippen LogP contribution in [0.25, 0.3) is 11.1 Å². The van der Waals surface area contributed by atoms with Gasteiger partial charge < -0.3 is 10.2 Å². The zero-order valence-corrected chi connectivity index (χ0v) is 14.6. The van der Waals surface area contributed by atoms with Crippen LogP contribution in [0.4, 0.5) is 0 Å². The van der Waals surface area contributed by atoms with Gasteiger partial charge in [0.05, 0.1) is 0 Å². The lowest BCUT2D eigenvalue weighted by Crippen LogP contribution is -2.34. The summed E-state index contributed by atoms with van der Waals surface area (Å²) in [6.45, 7) is 7.86. The number of nitrogens with zero attached hydrogens (tertiary/aromatic N) is 1. The van der Waals surface area contributed by atoms with Gasteiger partial charge in [-0.3, -0.25) is 4.79 Å². The van der Waals surface area contributed by atoms with Crippen LogP contribution in [0.5, 0.6) is 0 Å². The van der Waals surface area contributed by atoms with Gasteiger partial charge in [-0.05, 0) is 36.3 Å². The molecule has 0 spiro atoms. The van der Waals surface area contributed by atoms with Gasteiger partial charge in [-0.2, -0.15) is 0 Å². The Labute approximate surface area is 145 Å². The second kappa shape index (κ2) is 10.0. The van der Waals surface area contributed by atoms with Crippen molar-refractivity contribution in [2.24, 2.45) is 0 Å². The maximum atomic E-state index is 12.1. The molecule has 2 aromatic carbocycles. The first-order valence-corrected chi connectivity index (χ1v) is 7.90. The van der Waals surface area contributed by atoms with Crippen LogP contribution < -0.4 is 5.32 Å². The van der Waals surface area contributed by atoms with E-state index in [1.165, 1.54) is 0 Å². The smallest absolute Gasteiger partial charge is 0.251 e. The molecule has 0 aliphatic heterocycles. The predicted molar refractivity (Wildman–Crippen MR) is 99.2 cm³/mol. The van der Waals surface area contributed by atoms with Crippen LogP contribution in [0, 0.1) is 0 Å². The first kappa shape index (κ1) is 19.2. The molecule has 0 heterocycles. The molecule has 0 aromatic heterocycles. The lowest BCUT2D eigenvalue weighted by molar-refractivity contribution is 0.0949. The molecular formula is C19H25ClN2O. The van der Waals surface area contributed by atoms with Gasteiger partial charge in [0.15, 0.2) is 0 Å². The van der Waals surface area contributed by atoms with Gasteiger partial charge in [-0.1, -0.05) is 56.3 Å². The highest BCUT2D eigenvalue weighted by Crippen LogP contribution is 2.19. The van der Waals surface area contributed by atoms with E-state index in [1.54, 1.807) is 0 Å². The van der Waals surface area contributed by atoms with Crippen molar-refractivity contribution in [3.05, 3.63) is 60.2 Å². The average Bonchev–Trinajstić information content (AvgIpc) is 2.59. The fraction of sp³-hybridized carbons (Fsp3) is 0.316. The summed E-state index contributed by atoms with van der Waals surface area (Å²) < 4.78 is 0. The summed E-state index contributed by atoms with van der Waals surface area (Å²) in [6, 6.07) is 17.9. The van der Waals surface area contributed by atoms with Gasteiger partial charge in [-0.25, -0.2) is 0 Å². The molecule has 0 unspecified atom stereocenters. The molecular weight excluding hydrogens is 308 g/mol. The van der Waals surface area contributed by atoms with Crippen LogP contribution in [0.2, 0.25) is 0 Å². The van der Waals surface area contributed by atoms with Gasteiger partial charge in [0.25, 0.3) is 5.91 Å². The Kier molecular flexibility index (Phi) is 8.38. The topological polar surface area (TPSA) is 32.3 Å². The van der Waals surface area contributed by atoms with E-state index < -0.39 is 0 Å². The van der Waals surface area contributed by atoms with Crippen molar-refractivity contribution in [3.63, 3.8) is 0 Å². The number of amides is 1. The zero-order chi connectivity index (χ0) is 15.8. The number of rotatable bonds is 7. The molecule has 1 N–H and O–H groups in total. The minimum atomic E-state index is -0.00762. The maximum absolute atomic E-state index is 12.1. The van der Waals surface area contributed by atoms with Crippen molar-refractivity contribution in [1.29, 1.82) is 0 Å². The number of carbonyl (C=O) groups is 1. The van der Waals surface area contributed by atoms with Gasteiger partial charge in [0, 0.05) is 18.7 Å². The standard InChI is InChI=1S/C19H24N2O.ClH/c1-3-21(4-2)15-14-20-19(22)18-12-10-17(11-13-18)16-8-6-5-7-9-16;/h5-13H,3-4,14-15H2,1-2H3,(H,20,22);1H. The first-order valence-electron chi connectivity index (χ1n) is 7.90. The van der Waals surface area contributed by atoms with E-state index >= 15 is 0 Å². The van der Waals surface area contributed by atoms with Crippen molar-refractivity contribution >= 4 is 18.3 Å². The molecule has 0 saturated heterocycles. The molecule has 4 heteroatoms. The first-order chi connectivity index (χ1) is 10.7. The lowest BCUT2D eigenvalue weighted by Gasteiger charge is -2.17. The molecule has 0 fully saturated rings. The number of hydrogen-bond acceptors (Lipinski definition) is 2. The van der Waals surface area contributed by atoms with E-state index in [1.807, 2.05) is 42.5 Å². The molecule has 0 saturated carbocycles. The molecule has 23 heavy (non-hydrogen) atoms. The maximum Gasteiger partial charge on any atom is 0.251 e. The summed E-state index contributed by atoms with van der Waals surface area (Å²) in [7, 11) is 0. The Balaban J connectivity index is 0.00000264. The van der Waals surface area contributed by atoms with Crippen LogP contribution in [0.1, 0.15) is 24.2 Å². The molecule has 1 amide bonds. The number of nitrogens with one attached hydrogen (secondary N) is 1. The zero-order valence-electron chi connectivity index (χ0n) is 13.8. The fourth-order valence-electron chi connectivity index (χ4n) is 2.41. The minimum Gasteiger partial charge on any atom is -0.351 e. The summed E-state index contributed by atoms with van der Waals surface area (Å²) in [5.74, 6) is -0.00762. The van der Waals surface area contributed by atoms with E-state index in [2.05, 4.69) is 36.2 Å². The highest BCUT2D eigenvalue weighted by Gasteiger charge is 2.06. The van der Waals surface area contributed by atoms with Crippen LogP contribution in [-0.2, 0) is 0 Å². The number of benzene rings is 2. The van der Waals surface area contributed by atoms with Gasteiger partial charge >= 0.3 is 0 Å². The Morgan fingerprint density at radius 1 is 0.913 bits per heavy atom. The third-order valence-corrected chi connectivity index (χ3v) is 3.86. The Hall–Kier alpha value is -1.84. The molecule has 0 atom stereocenters. The summed E-state index contributed by atoms with van der Waals surface area (Å²) in [4.78, 5) is 14.4. The van der Waals surface area contributed by atoms with E-state index in [-0.39, 0.29) is 18.3 Å². The summed E-state index contributed by atoms with van der Waals surface area (Å²) in [5, 5.41) is 2.98. The van der Waals surface area contributed by atoms with Gasteiger partial charge in [0.2, 0.25) is 0 Å². The Bertz CT molecular complexity index is 580. The van der Waals surface area contributed by atoms with Crippen molar-refractivity contribution in [3.8, 4) is 11.1 Å². The highest BCUT2D eigenvalue weighted by atomic mass is 35.5. The molecule has 0 radical (unpaired) electrons. The van der Waals surface area contributed by atoms with Crippen LogP contribution in [0.3, 0.4) is 0 Å². The predicted octanol–water partition coefficient (Wildman–Crippen LogP) is 3.85. The number of halogens is 1. The lowest BCUT2D eigenvalue weighted by atomic mass is 10.0. The highest BCUT2D eigenvalue weighted by molar-refractivity contribution is 5.94. The van der Waals surface area contributed by atoms with Crippen LogP contribution >= 0.6 is 12.4 Å². The second-order valence-corrected chi connectivity index (χ2v) is 5.23. The van der Waals surface area contributed by atoms with Gasteiger partial charge in [-0.15, -0.1) is 12.4 Å². The number of likely N-dealkylation sites (N-methyl/N-ethyl adjacent to an activating group) is 1. The molecule has 2 rings (SSSR count). The average molecular weight is 333 g/mol. The van der Waals surface area contributed by atoms with E-state index in [4.69, 9.17) is 0 Å². The largest absolute Gasteiger partial charge is 0.351 e. The summed E-state index contributed by atoms with van der Waals surface area (Å²) in [6.07, 6.45) is 0. The van der Waals surface area contributed by atoms with Crippen molar-refractivity contribution < 1.29 is 4.79 Å². The Morgan fingerprint density at radius 3 is 2.04 bits per heavy atom. The van der Waals surface area contributed by atoms with Crippen LogP contribution in [-0.4, -0.2) is 37.0 Å². The second-order valence-electron chi connectivity index (χ2n) is 5.23. The number of hydrogen-bond donors (Lipinski definition) is 1. The molecule has 0 bridgehead atoms. The quantitative estimate of drug-likeness (QED) is 0.835. The molecule has 124 valence electrons.